The minimum atomic E-state index is -4.77. The van der Waals surface area contributed by atoms with Crippen LogP contribution in [0.5, 0.6) is 5.75 Å². The molecule has 0 radical (unpaired) electrons. The second kappa shape index (κ2) is 7.26. The SMILES string of the molecule is Nc1nn2cccnc2c1-c1cc(NCc2ccccc2OC(F)(F)F)ncn1. The third kappa shape index (κ3) is 4.03. The molecule has 0 unspecified atom stereocenters. The fraction of sp³-hybridized carbons (Fsp3) is 0.111. The first-order valence-electron chi connectivity index (χ1n) is 8.39. The molecule has 148 valence electrons. The standard InChI is InChI=1S/C18H14F3N7O/c19-18(20,21)29-13-5-2-1-4-11(13)9-24-14-8-12(25-10-26-14)15-16(22)27-28-7-3-6-23-17(15)28/h1-8,10H,9H2,(H2,22,27)(H,24,25,26). The smallest absolute Gasteiger partial charge is 0.405 e. The first-order valence-corrected chi connectivity index (χ1v) is 8.39. The molecule has 29 heavy (non-hydrogen) atoms. The Bertz CT molecular complexity index is 1160. The summed E-state index contributed by atoms with van der Waals surface area (Å²) in [7, 11) is 0. The quantitative estimate of drug-likeness (QED) is 0.529. The zero-order valence-electron chi connectivity index (χ0n) is 14.8. The molecule has 0 aliphatic rings. The van der Waals surface area contributed by atoms with E-state index in [1.165, 1.54) is 29.0 Å². The number of rotatable bonds is 5. The van der Waals surface area contributed by atoms with E-state index in [2.05, 4.69) is 30.1 Å². The number of hydrogen-bond acceptors (Lipinski definition) is 7. The van der Waals surface area contributed by atoms with Crippen LogP contribution in [0.1, 0.15) is 5.56 Å². The molecule has 3 N–H and O–H groups in total. The lowest BCUT2D eigenvalue weighted by Crippen LogP contribution is -2.18. The summed E-state index contributed by atoms with van der Waals surface area (Å²) in [5.74, 6) is 0.363. The summed E-state index contributed by atoms with van der Waals surface area (Å²) in [6.07, 6.45) is -0.133. The molecule has 1 aromatic carbocycles. The number of nitrogens with one attached hydrogen (secondary N) is 1. The zero-order valence-corrected chi connectivity index (χ0v) is 14.8. The van der Waals surface area contributed by atoms with Gasteiger partial charge in [0.25, 0.3) is 0 Å². The Morgan fingerprint density at radius 2 is 1.93 bits per heavy atom. The average molecular weight is 401 g/mol. The van der Waals surface area contributed by atoms with Crippen LogP contribution in [0.4, 0.5) is 24.8 Å². The topological polar surface area (TPSA) is 103 Å². The van der Waals surface area contributed by atoms with E-state index in [1.807, 2.05) is 0 Å². The van der Waals surface area contributed by atoms with E-state index in [4.69, 9.17) is 5.73 Å². The lowest BCUT2D eigenvalue weighted by molar-refractivity contribution is -0.274. The van der Waals surface area contributed by atoms with Gasteiger partial charge in [0, 0.05) is 30.6 Å². The molecular formula is C18H14F3N7O. The molecular weight excluding hydrogens is 387 g/mol. The Labute approximate surface area is 162 Å². The van der Waals surface area contributed by atoms with Crippen molar-refractivity contribution in [3.05, 3.63) is 60.7 Å². The van der Waals surface area contributed by atoms with E-state index in [-0.39, 0.29) is 18.1 Å². The van der Waals surface area contributed by atoms with Crippen LogP contribution >= 0.6 is 0 Å². The molecule has 8 nitrogen and oxygen atoms in total. The summed E-state index contributed by atoms with van der Waals surface area (Å²) in [5.41, 5.74) is 7.87. The van der Waals surface area contributed by atoms with Crippen molar-refractivity contribution < 1.29 is 17.9 Å². The van der Waals surface area contributed by atoms with E-state index in [0.29, 0.717) is 28.3 Å². The summed E-state index contributed by atoms with van der Waals surface area (Å²) < 4.78 is 43.3. The van der Waals surface area contributed by atoms with Gasteiger partial charge in [0.15, 0.2) is 11.5 Å². The van der Waals surface area contributed by atoms with Crippen LogP contribution in [0.2, 0.25) is 0 Å². The number of para-hydroxylation sites is 1. The fourth-order valence-corrected chi connectivity index (χ4v) is 2.80. The second-order valence-electron chi connectivity index (χ2n) is 5.95. The molecule has 0 spiro atoms. The van der Waals surface area contributed by atoms with Crippen molar-refractivity contribution in [3.8, 4) is 17.0 Å². The molecule has 0 aliphatic carbocycles. The Hall–Kier alpha value is -3.89. The first kappa shape index (κ1) is 18.5. The number of nitrogens with zero attached hydrogens (tertiary/aromatic N) is 5. The molecule has 11 heteroatoms. The van der Waals surface area contributed by atoms with Gasteiger partial charge < -0.3 is 15.8 Å². The summed E-state index contributed by atoms with van der Waals surface area (Å²) in [6.45, 7) is 0.0607. The maximum absolute atomic E-state index is 12.6. The maximum atomic E-state index is 12.6. The molecule has 0 saturated heterocycles. The molecule has 4 rings (SSSR count). The van der Waals surface area contributed by atoms with Crippen LogP contribution in [-0.4, -0.2) is 30.9 Å². The molecule has 3 aromatic heterocycles. The summed E-state index contributed by atoms with van der Waals surface area (Å²) in [6, 6.07) is 9.21. The highest BCUT2D eigenvalue weighted by Gasteiger charge is 2.31. The lowest BCUT2D eigenvalue weighted by Gasteiger charge is -2.14. The third-order valence-electron chi connectivity index (χ3n) is 4.00. The van der Waals surface area contributed by atoms with Gasteiger partial charge in [0.05, 0.1) is 11.3 Å². The van der Waals surface area contributed by atoms with Crippen molar-refractivity contribution in [3.63, 3.8) is 0 Å². The number of hydrogen-bond donors (Lipinski definition) is 2. The van der Waals surface area contributed by atoms with Gasteiger partial charge in [-0.2, -0.15) is 0 Å². The Balaban J connectivity index is 1.59. The number of anilines is 2. The van der Waals surface area contributed by atoms with E-state index >= 15 is 0 Å². The minimum Gasteiger partial charge on any atom is -0.405 e. The van der Waals surface area contributed by atoms with Gasteiger partial charge >= 0.3 is 6.36 Å². The summed E-state index contributed by atoms with van der Waals surface area (Å²) >= 11 is 0. The highest BCUT2D eigenvalue weighted by Crippen LogP contribution is 2.29. The van der Waals surface area contributed by atoms with Crippen LogP contribution in [0.25, 0.3) is 16.9 Å². The zero-order chi connectivity index (χ0) is 20.4. The molecule has 0 atom stereocenters. The monoisotopic (exact) mass is 401 g/mol. The van der Waals surface area contributed by atoms with E-state index in [1.54, 1.807) is 30.6 Å². The number of halogens is 3. The third-order valence-corrected chi connectivity index (χ3v) is 4.00. The maximum Gasteiger partial charge on any atom is 0.573 e. The number of fused-ring (bicyclic) bond motifs is 1. The van der Waals surface area contributed by atoms with Gasteiger partial charge in [-0.3, -0.25) is 0 Å². The largest absolute Gasteiger partial charge is 0.573 e. The van der Waals surface area contributed by atoms with Gasteiger partial charge in [-0.15, -0.1) is 18.3 Å². The van der Waals surface area contributed by atoms with Crippen LogP contribution in [0.15, 0.2) is 55.1 Å². The molecule has 3 heterocycles. The Kier molecular flexibility index (Phi) is 4.63. The molecule has 0 saturated carbocycles. The average Bonchev–Trinajstić information content (AvgIpc) is 3.02. The lowest BCUT2D eigenvalue weighted by atomic mass is 10.2. The van der Waals surface area contributed by atoms with Crippen molar-refractivity contribution in [1.29, 1.82) is 0 Å². The number of nitrogen functional groups attached to an aromatic ring is 1. The Morgan fingerprint density at radius 1 is 1.10 bits per heavy atom. The molecule has 4 aromatic rings. The first-order chi connectivity index (χ1) is 13.9. The molecule has 0 amide bonds. The number of alkyl halides is 3. The molecule has 0 bridgehead atoms. The van der Waals surface area contributed by atoms with Crippen LogP contribution in [0, 0.1) is 0 Å². The van der Waals surface area contributed by atoms with E-state index < -0.39 is 6.36 Å². The minimum absolute atomic E-state index is 0.0607. The fourth-order valence-electron chi connectivity index (χ4n) is 2.80. The van der Waals surface area contributed by atoms with Crippen molar-refractivity contribution in [2.45, 2.75) is 12.9 Å². The Morgan fingerprint density at radius 3 is 2.76 bits per heavy atom. The predicted molar refractivity (Wildman–Crippen MR) is 98.9 cm³/mol. The highest BCUT2D eigenvalue weighted by molar-refractivity contribution is 5.84. The summed E-state index contributed by atoms with van der Waals surface area (Å²) in [4.78, 5) is 12.6. The van der Waals surface area contributed by atoms with Crippen molar-refractivity contribution in [2.75, 3.05) is 11.1 Å². The van der Waals surface area contributed by atoms with Gasteiger partial charge in [-0.1, -0.05) is 18.2 Å². The number of nitrogens with two attached hydrogens (primary N) is 1. The van der Waals surface area contributed by atoms with Crippen molar-refractivity contribution in [1.82, 2.24) is 24.6 Å². The second-order valence-corrected chi connectivity index (χ2v) is 5.95. The highest BCUT2D eigenvalue weighted by atomic mass is 19.4. The predicted octanol–water partition coefficient (Wildman–Crippen LogP) is 3.28. The van der Waals surface area contributed by atoms with Crippen LogP contribution in [0.3, 0.4) is 0 Å². The number of ether oxygens (including phenoxy) is 1. The number of aromatic nitrogens is 5. The van der Waals surface area contributed by atoms with Gasteiger partial charge in [0.2, 0.25) is 0 Å². The normalized spacial score (nSPS) is 11.6. The van der Waals surface area contributed by atoms with E-state index in [0.717, 1.165) is 0 Å². The molecule has 0 aliphatic heterocycles. The van der Waals surface area contributed by atoms with Crippen LogP contribution < -0.4 is 15.8 Å². The van der Waals surface area contributed by atoms with Crippen molar-refractivity contribution in [2.24, 2.45) is 0 Å². The van der Waals surface area contributed by atoms with Gasteiger partial charge in [-0.05, 0) is 12.1 Å². The molecule has 0 fully saturated rings. The number of benzene rings is 1. The van der Waals surface area contributed by atoms with Gasteiger partial charge in [0.1, 0.15) is 17.9 Å². The van der Waals surface area contributed by atoms with Crippen molar-refractivity contribution >= 4 is 17.3 Å². The van der Waals surface area contributed by atoms with E-state index in [9.17, 15) is 13.2 Å². The van der Waals surface area contributed by atoms with Gasteiger partial charge in [-0.25, -0.2) is 19.5 Å². The van der Waals surface area contributed by atoms with Crippen LogP contribution in [-0.2, 0) is 6.54 Å². The summed E-state index contributed by atoms with van der Waals surface area (Å²) in [5, 5.41) is 7.16.